The smallest absolute Gasteiger partial charge is 0.225 e. The van der Waals surface area contributed by atoms with Crippen LogP contribution in [-0.2, 0) is 4.74 Å². The normalized spacial score (nSPS) is 25.6. The van der Waals surface area contributed by atoms with Gasteiger partial charge in [-0.15, -0.1) is 0 Å². The number of likely N-dealkylation sites (tertiary alicyclic amines) is 1. The van der Waals surface area contributed by atoms with Crippen molar-refractivity contribution in [1.82, 2.24) is 14.9 Å². The van der Waals surface area contributed by atoms with Gasteiger partial charge in [0.25, 0.3) is 0 Å². The van der Waals surface area contributed by atoms with Crippen LogP contribution in [0.5, 0.6) is 0 Å². The third kappa shape index (κ3) is 2.90. The van der Waals surface area contributed by atoms with E-state index in [1.54, 1.807) is 0 Å². The van der Waals surface area contributed by atoms with Gasteiger partial charge in [-0.3, -0.25) is 4.90 Å². The maximum atomic E-state index is 5.64. The molecule has 1 atom stereocenters. The van der Waals surface area contributed by atoms with Crippen LogP contribution >= 0.6 is 0 Å². The molecular formula is C16H26N4O. The summed E-state index contributed by atoms with van der Waals surface area (Å²) in [5.41, 5.74) is 0.368. The van der Waals surface area contributed by atoms with Crippen molar-refractivity contribution in [3.05, 3.63) is 18.5 Å². The molecule has 5 nitrogen and oxygen atoms in total. The van der Waals surface area contributed by atoms with Gasteiger partial charge in [-0.1, -0.05) is 0 Å². The molecule has 2 saturated heterocycles. The summed E-state index contributed by atoms with van der Waals surface area (Å²) in [7, 11) is 2.28. The highest BCUT2D eigenvalue weighted by Crippen LogP contribution is 2.40. The van der Waals surface area contributed by atoms with Crippen molar-refractivity contribution in [2.24, 2.45) is 0 Å². The molecule has 116 valence electrons. The quantitative estimate of drug-likeness (QED) is 0.848. The number of ether oxygens (including phenoxy) is 1. The first-order chi connectivity index (χ1) is 10.2. The van der Waals surface area contributed by atoms with Crippen molar-refractivity contribution in [1.29, 1.82) is 0 Å². The van der Waals surface area contributed by atoms with Crippen LogP contribution in [0.25, 0.3) is 0 Å². The van der Waals surface area contributed by atoms with E-state index in [9.17, 15) is 0 Å². The van der Waals surface area contributed by atoms with E-state index in [1.165, 1.54) is 25.7 Å². The van der Waals surface area contributed by atoms with Gasteiger partial charge in [0.1, 0.15) is 0 Å². The maximum Gasteiger partial charge on any atom is 0.225 e. The fourth-order valence-corrected chi connectivity index (χ4v) is 3.82. The van der Waals surface area contributed by atoms with Gasteiger partial charge in [-0.25, -0.2) is 9.97 Å². The Kier molecular flexibility index (Phi) is 4.40. The predicted molar refractivity (Wildman–Crippen MR) is 83.5 cm³/mol. The van der Waals surface area contributed by atoms with Crippen molar-refractivity contribution in [2.45, 2.75) is 44.2 Å². The monoisotopic (exact) mass is 290 g/mol. The van der Waals surface area contributed by atoms with Gasteiger partial charge in [0.15, 0.2) is 0 Å². The molecule has 1 spiro atoms. The summed E-state index contributed by atoms with van der Waals surface area (Å²) in [5, 5.41) is 0. The Morgan fingerprint density at radius 3 is 2.62 bits per heavy atom. The molecule has 21 heavy (non-hydrogen) atoms. The Labute approximate surface area is 127 Å². The molecule has 5 heteroatoms. The zero-order chi connectivity index (χ0) is 14.7. The highest BCUT2D eigenvalue weighted by molar-refractivity contribution is 5.30. The molecule has 3 heterocycles. The summed E-state index contributed by atoms with van der Waals surface area (Å²) in [6.45, 7) is 5.87. The van der Waals surface area contributed by atoms with Gasteiger partial charge in [0.05, 0.1) is 6.61 Å². The standard InChI is InChI=1S/C16H26N4O/c1-3-21-13-14-5-6-16(19(14)2)7-11-20(12-8-16)15-17-9-4-10-18-15/h4,9-10,14H,3,5-8,11-13H2,1-2H3. The lowest BCUT2D eigenvalue weighted by Crippen LogP contribution is -2.53. The highest BCUT2D eigenvalue weighted by Gasteiger charge is 2.45. The Bertz CT molecular complexity index is 445. The summed E-state index contributed by atoms with van der Waals surface area (Å²) < 4.78 is 5.64. The van der Waals surface area contributed by atoms with Crippen LogP contribution in [0.15, 0.2) is 18.5 Å². The molecule has 1 aromatic heterocycles. The second kappa shape index (κ2) is 6.28. The van der Waals surface area contributed by atoms with Gasteiger partial charge in [-0.2, -0.15) is 0 Å². The molecule has 2 aliphatic rings. The fourth-order valence-electron chi connectivity index (χ4n) is 3.82. The van der Waals surface area contributed by atoms with E-state index in [1.807, 2.05) is 18.5 Å². The van der Waals surface area contributed by atoms with Gasteiger partial charge in [0, 0.05) is 43.7 Å². The molecule has 0 aromatic carbocycles. The predicted octanol–water partition coefficient (Wildman–Crippen LogP) is 1.95. The van der Waals surface area contributed by atoms with Crippen LogP contribution in [0, 0.1) is 0 Å². The van der Waals surface area contributed by atoms with Gasteiger partial charge in [-0.05, 0) is 45.7 Å². The van der Waals surface area contributed by atoms with Crippen LogP contribution in [0.3, 0.4) is 0 Å². The Hall–Kier alpha value is -1.20. The SMILES string of the molecule is CCOCC1CCC2(CCN(c3ncccn3)CC2)N1C. The number of hydrogen-bond donors (Lipinski definition) is 0. The number of hydrogen-bond acceptors (Lipinski definition) is 5. The Morgan fingerprint density at radius 2 is 1.95 bits per heavy atom. The molecule has 0 radical (unpaired) electrons. The lowest BCUT2D eigenvalue weighted by Gasteiger charge is -2.45. The van der Waals surface area contributed by atoms with E-state index in [-0.39, 0.29) is 0 Å². The molecule has 0 N–H and O–H groups in total. The van der Waals surface area contributed by atoms with E-state index in [0.717, 1.165) is 32.3 Å². The van der Waals surface area contributed by atoms with Gasteiger partial charge in [0.2, 0.25) is 5.95 Å². The summed E-state index contributed by atoms with van der Waals surface area (Å²) in [4.78, 5) is 13.6. The second-order valence-electron chi connectivity index (χ2n) is 6.22. The van der Waals surface area contributed by atoms with E-state index < -0.39 is 0 Å². The molecule has 0 aliphatic carbocycles. The first-order valence-electron chi connectivity index (χ1n) is 8.08. The molecule has 3 rings (SSSR count). The second-order valence-corrected chi connectivity index (χ2v) is 6.22. The summed E-state index contributed by atoms with van der Waals surface area (Å²) in [6, 6.07) is 2.46. The average molecular weight is 290 g/mol. The van der Waals surface area contributed by atoms with Crippen molar-refractivity contribution in [3.8, 4) is 0 Å². The van der Waals surface area contributed by atoms with Crippen molar-refractivity contribution in [3.63, 3.8) is 0 Å². The minimum absolute atomic E-state index is 0.368. The lowest BCUT2D eigenvalue weighted by atomic mass is 9.85. The topological polar surface area (TPSA) is 41.5 Å². The molecule has 2 fully saturated rings. The van der Waals surface area contributed by atoms with Crippen molar-refractivity contribution in [2.75, 3.05) is 38.3 Å². The van der Waals surface area contributed by atoms with Crippen molar-refractivity contribution < 1.29 is 4.74 Å². The summed E-state index contributed by atoms with van der Waals surface area (Å²) in [6.07, 6.45) is 8.61. The molecular weight excluding hydrogens is 264 g/mol. The minimum atomic E-state index is 0.368. The first-order valence-corrected chi connectivity index (χ1v) is 8.08. The summed E-state index contributed by atoms with van der Waals surface area (Å²) >= 11 is 0. The Balaban J connectivity index is 1.60. The van der Waals surface area contributed by atoms with Crippen LogP contribution in [0.1, 0.15) is 32.6 Å². The van der Waals surface area contributed by atoms with Gasteiger partial charge < -0.3 is 9.64 Å². The third-order valence-electron chi connectivity index (χ3n) is 5.28. The number of nitrogens with zero attached hydrogens (tertiary/aromatic N) is 4. The van der Waals surface area contributed by atoms with E-state index in [0.29, 0.717) is 11.6 Å². The zero-order valence-corrected chi connectivity index (χ0v) is 13.2. The van der Waals surface area contributed by atoms with E-state index in [4.69, 9.17) is 4.74 Å². The molecule has 0 saturated carbocycles. The Morgan fingerprint density at radius 1 is 1.24 bits per heavy atom. The fraction of sp³-hybridized carbons (Fsp3) is 0.750. The lowest BCUT2D eigenvalue weighted by molar-refractivity contribution is 0.0461. The molecule has 0 bridgehead atoms. The first kappa shape index (κ1) is 14.7. The minimum Gasteiger partial charge on any atom is -0.380 e. The number of anilines is 1. The molecule has 1 unspecified atom stereocenters. The molecule has 0 amide bonds. The van der Waals surface area contributed by atoms with Crippen LogP contribution in [0.4, 0.5) is 5.95 Å². The van der Waals surface area contributed by atoms with Crippen LogP contribution in [0.2, 0.25) is 0 Å². The average Bonchev–Trinajstić information content (AvgIpc) is 2.84. The maximum absolute atomic E-state index is 5.64. The molecule has 1 aromatic rings. The van der Waals surface area contributed by atoms with E-state index in [2.05, 4.69) is 33.7 Å². The van der Waals surface area contributed by atoms with Crippen molar-refractivity contribution >= 4 is 5.95 Å². The van der Waals surface area contributed by atoms with E-state index >= 15 is 0 Å². The third-order valence-corrected chi connectivity index (χ3v) is 5.28. The number of likely N-dealkylation sites (N-methyl/N-ethyl adjacent to an activating group) is 1. The zero-order valence-electron chi connectivity index (χ0n) is 13.2. The van der Waals surface area contributed by atoms with Crippen LogP contribution < -0.4 is 4.90 Å². The highest BCUT2D eigenvalue weighted by atomic mass is 16.5. The number of rotatable bonds is 4. The molecule has 2 aliphatic heterocycles. The summed E-state index contributed by atoms with van der Waals surface area (Å²) in [5.74, 6) is 0.874. The number of aromatic nitrogens is 2. The largest absolute Gasteiger partial charge is 0.380 e. The van der Waals surface area contributed by atoms with Gasteiger partial charge >= 0.3 is 0 Å². The van der Waals surface area contributed by atoms with Crippen LogP contribution in [-0.4, -0.2) is 59.8 Å². The number of piperidine rings is 1.